The molecule has 1 saturated carbocycles. The molecular weight excluding hydrogens is 254 g/mol. The average molecular weight is 277 g/mol. The summed E-state index contributed by atoms with van der Waals surface area (Å²) in [5.74, 6) is -0.303. The van der Waals surface area contributed by atoms with Gasteiger partial charge in [-0.1, -0.05) is 30.3 Å². The number of aliphatic hydroxyl groups excluding tert-OH is 1. The van der Waals surface area contributed by atoms with Crippen molar-refractivity contribution < 1.29 is 15.0 Å². The summed E-state index contributed by atoms with van der Waals surface area (Å²) in [6.45, 7) is 1.85. The molecule has 0 aromatic heterocycles. The van der Waals surface area contributed by atoms with Gasteiger partial charge in [0, 0.05) is 6.04 Å². The highest BCUT2D eigenvalue weighted by Crippen LogP contribution is 2.29. The van der Waals surface area contributed by atoms with Crippen molar-refractivity contribution >= 4 is 5.91 Å². The van der Waals surface area contributed by atoms with E-state index in [4.69, 9.17) is 0 Å². The van der Waals surface area contributed by atoms with Crippen molar-refractivity contribution in [1.29, 1.82) is 0 Å². The van der Waals surface area contributed by atoms with Gasteiger partial charge in [0.1, 0.15) is 5.60 Å². The van der Waals surface area contributed by atoms with Crippen LogP contribution in [0.25, 0.3) is 0 Å². The highest BCUT2D eigenvalue weighted by Gasteiger charge is 2.39. The Hall–Kier alpha value is -1.39. The Bertz CT molecular complexity index is 440. The topological polar surface area (TPSA) is 69.6 Å². The van der Waals surface area contributed by atoms with Gasteiger partial charge < -0.3 is 15.5 Å². The van der Waals surface area contributed by atoms with Crippen molar-refractivity contribution in [3.63, 3.8) is 0 Å². The maximum absolute atomic E-state index is 12.1. The number of rotatable bonds is 5. The van der Waals surface area contributed by atoms with E-state index < -0.39 is 11.7 Å². The van der Waals surface area contributed by atoms with E-state index in [0.29, 0.717) is 19.3 Å². The number of benzene rings is 1. The van der Waals surface area contributed by atoms with E-state index in [1.54, 1.807) is 0 Å². The van der Waals surface area contributed by atoms with E-state index in [-0.39, 0.29) is 11.9 Å². The molecule has 0 aliphatic heterocycles. The van der Waals surface area contributed by atoms with Crippen LogP contribution in [0.2, 0.25) is 0 Å². The van der Waals surface area contributed by atoms with E-state index in [1.807, 2.05) is 37.3 Å². The van der Waals surface area contributed by atoms with Crippen LogP contribution in [0, 0.1) is 0 Å². The predicted molar refractivity (Wildman–Crippen MR) is 77.0 cm³/mol. The standard InChI is InChI=1S/C16H23NO3/c1-12(11-14(18)13-7-3-2-4-8-13)17-15(19)16(20)9-5-6-10-16/h2-4,7-8,12,14,18,20H,5-6,9-11H2,1H3,(H,17,19)/t12-,14-/m1/s1. The number of nitrogens with one attached hydrogen (secondary N) is 1. The Balaban J connectivity index is 1.86. The molecule has 0 radical (unpaired) electrons. The van der Waals surface area contributed by atoms with Crippen molar-refractivity contribution in [2.24, 2.45) is 0 Å². The van der Waals surface area contributed by atoms with Crippen molar-refractivity contribution in [3.05, 3.63) is 35.9 Å². The normalized spacial score (nSPS) is 20.4. The monoisotopic (exact) mass is 277 g/mol. The van der Waals surface area contributed by atoms with Gasteiger partial charge in [-0.05, 0) is 44.6 Å². The molecule has 3 N–H and O–H groups in total. The fourth-order valence-electron chi connectivity index (χ4n) is 2.75. The average Bonchev–Trinajstić information content (AvgIpc) is 2.88. The Morgan fingerprint density at radius 2 is 1.90 bits per heavy atom. The van der Waals surface area contributed by atoms with Gasteiger partial charge in [-0.3, -0.25) is 4.79 Å². The summed E-state index contributed by atoms with van der Waals surface area (Å²) in [7, 11) is 0. The maximum atomic E-state index is 12.1. The molecule has 0 heterocycles. The molecule has 1 amide bonds. The molecule has 0 bridgehead atoms. The number of carbonyl (C=O) groups is 1. The van der Waals surface area contributed by atoms with E-state index in [2.05, 4.69) is 5.32 Å². The van der Waals surface area contributed by atoms with Crippen LogP contribution in [0.1, 0.15) is 50.7 Å². The number of hydrogen-bond acceptors (Lipinski definition) is 3. The van der Waals surface area contributed by atoms with E-state index in [9.17, 15) is 15.0 Å². The molecule has 2 atom stereocenters. The number of hydrogen-bond donors (Lipinski definition) is 3. The molecule has 1 fully saturated rings. The zero-order valence-electron chi connectivity index (χ0n) is 11.9. The second-order valence-electron chi connectivity index (χ2n) is 5.78. The highest BCUT2D eigenvalue weighted by atomic mass is 16.3. The van der Waals surface area contributed by atoms with E-state index in [1.165, 1.54) is 0 Å². The first-order chi connectivity index (χ1) is 9.51. The van der Waals surface area contributed by atoms with Crippen molar-refractivity contribution in [1.82, 2.24) is 5.32 Å². The highest BCUT2D eigenvalue weighted by molar-refractivity contribution is 5.85. The van der Waals surface area contributed by atoms with Gasteiger partial charge in [0.2, 0.25) is 0 Å². The minimum atomic E-state index is -1.20. The first kappa shape index (κ1) is 15.0. The Kier molecular flexibility index (Phi) is 4.78. The summed E-state index contributed by atoms with van der Waals surface area (Å²) >= 11 is 0. The van der Waals surface area contributed by atoms with E-state index >= 15 is 0 Å². The lowest BCUT2D eigenvalue weighted by Crippen LogP contribution is -2.48. The van der Waals surface area contributed by atoms with Crippen molar-refractivity contribution in [3.8, 4) is 0 Å². The number of carbonyl (C=O) groups excluding carboxylic acids is 1. The molecule has 1 aromatic carbocycles. The van der Waals surface area contributed by atoms with Crippen molar-refractivity contribution in [2.75, 3.05) is 0 Å². The molecule has 110 valence electrons. The molecule has 4 heteroatoms. The van der Waals surface area contributed by atoms with Gasteiger partial charge in [0.15, 0.2) is 0 Å². The zero-order valence-corrected chi connectivity index (χ0v) is 11.9. The molecular formula is C16H23NO3. The van der Waals surface area contributed by atoms with Gasteiger partial charge in [-0.2, -0.15) is 0 Å². The van der Waals surface area contributed by atoms with E-state index in [0.717, 1.165) is 18.4 Å². The molecule has 20 heavy (non-hydrogen) atoms. The van der Waals surface area contributed by atoms with Gasteiger partial charge in [-0.25, -0.2) is 0 Å². The van der Waals surface area contributed by atoms with Crippen LogP contribution in [0.5, 0.6) is 0 Å². The summed E-state index contributed by atoms with van der Waals surface area (Å²) in [5.41, 5.74) is -0.362. The number of aliphatic hydroxyl groups is 2. The zero-order chi connectivity index (χ0) is 14.6. The smallest absolute Gasteiger partial charge is 0.252 e. The maximum Gasteiger partial charge on any atom is 0.252 e. The fraction of sp³-hybridized carbons (Fsp3) is 0.562. The Morgan fingerprint density at radius 3 is 2.50 bits per heavy atom. The predicted octanol–water partition coefficient (Wildman–Crippen LogP) is 1.92. The quantitative estimate of drug-likeness (QED) is 0.770. The third-order valence-corrected chi connectivity index (χ3v) is 3.99. The van der Waals surface area contributed by atoms with Crippen LogP contribution in [-0.4, -0.2) is 27.8 Å². The third-order valence-electron chi connectivity index (χ3n) is 3.99. The largest absolute Gasteiger partial charge is 0.388 e. The summed E-state index contributed by atoms with van der Waals surface area (Å²) in [4.78, 5) is 12.1. The molecule has 2 rings (SSSR count). The third kappa shape index (κ3) is 3.58. The van der Waals surface area contributed by atoms with Gasteiger partial charge >= 0.3 is 0 Å². The summed E-state index contributed by atoms with van der Waals surface area (Å²) < 4.78 is 0. The Labute approximate surface area is 119 Å². The van der Waals surface area contributed by atoms with Crippen LogP contribution in [0.3, 0.4) is 0 Å². The lowest BCUT2D eigenvalue weighted by Gasteiger charge is -2.25. The van der Waals surface area contributed by atoms with Crippen LogP contribution in [-0.2, 0) is 4.79 Å². The molecule has 4 nitrogen and oxygen atoms in total. The minimum Gasteiger partial charge on any atom is -0.388 e. The lowest BCUT2D eigenvalue weighted by molar-refractivity contribution is -0.140. The van der Waals surface area contributed by atoms with Crippen LogP contribution >= 0.6 is 0 Å². The Morgan fingerprint density at radius 1 is 1.30 bits per heavy atom. The second-order valence-corrected chi connectivity index (χ2v) is 5.78. The van der Waals surface area contributed by atoms with Crippen molar-refractivity contribution in [2.45, 2.75) is 56.8 Å². The van der Waals surface area contributed by atoms with Crippen LogP contribution < -0.4 is 5.32 Å². The first-order valence-electron chi connectivity index (χ1n) is 7.27. The molecule has 1 aliphatic rings. The number of amides is 1. The molecule has 1 aromatic rings. The summed E-state index contributed by atoms with van der Waals surface area (Å²) in [6, 6.07) is 9.21. The lowest BCUT2D eigenvalue weighted by atomic mass is 9.99. The minimum absolute atomic E-state index is 0.178. The molecule has 0 saturated heterocycles. The van der Waals surface area contributed by atoms with Gasteiger partial charge in [0.05, 0.1) is 6.10 Å². The first-order valence-corrected chi connectivity index (χ1v) is 7.27. The summed E-state index contributed by atoms with van der Waals surface area (Å²) in [6.07, 6.45) is 2.69. The summed E-state index contributed by atoms with van der Waals surface area (Å²) in [5, 5.41) is 23.1. The van der Waals surface area contributed by atoms with Gasteiger partial charge in [0.25, 0.3) is 5.91 Å². The van der Waals surface area contributed by atoms with Crippen LogP contribution in [0.4, 0.5) is 0 Å². The molecule has 0 spiro atoms. The molecule has 1 aliphatic carbocycles. The van der Waals surface area contributed by atoms with Gasteiger partial charge in [-0.15, -0.1) is 0 Å². The fourth-order valence-corrected chi connectivity index (χ4v) is 2.75. The SMILES string of the molecule is C[C@H](C[C@@H](O)c1ccccc1)NC(=O)C1(O)CCCC1. The second kappa shape index (κ2) is 6.37. The van der Waals surface area contributed by atoms with Crippen LogP contribution in [0.15, 0.2) is 30.3 Å². The molecule has 0 unspecified atom stereocenters.